The molecule has 0 saturated carbocycles. The van der Waals surface area contributed by atoms with Gasteiger partial charge in [0.05, 0.1) is 12.6 Å². The minimum absolute atomic E-state index is 0.116. The molecular formula is C17H26N4O7. The fourth-order valence-electron chi connectivity index (χ4n) is 3.43. The summed E-state index contributed by atoms with van der Waals surface area (Å²) in [6.07, 6.45) is 1.96. The number of rotatable bonds is 9. The van der Waals surface area contributed by atoms with E-state index in [2.05, 4.69) is 16.0 Å². The molecule has 2 heterocycles. The van der Waals surface area contributed by atoms with Gasteiger partial charge in [-0.3, -0.25) is 19.2 Å². The smallest absolute Gasteiger partial charge is 0.326 e. The van der Waals surface area contributed by atoms with Crippen molar-refractivity contribution < 1.29 is 34.2 Å². The molecule has 0 aromatic carbocycles. The lowest BCUT2D eigenvalue weighted by molar-refractivity contribution is -0.148. The van der Waals surface area contributed by atoms with Crippen LogP contribution in [0.2, 0.25) is 0 Å². The zero-order valence-electron chi connectivity index (χ0n) is 15.5. The predicted octanol–water partition coefficient (Wildman–Crippen LogP) is -1.72. The second kappa shape index (κ2) is 10.0. The van der Waals surface area contributed by atoms with Crippen LogP contribution in [0.4, 0.5) is 0 Å². The highest BCUT2D eigenvalue weighted by molar-refractivity contribution is 5.93. The molecule has 2 fully saturated rings. The van der Waals surface area contributed by atoms with Gasteiger partial charge in [0, 0.05) is 13.0 Å². The number of carbonyl (C=O) groups excluding carboxylic acids is 3. The number of carboxylic acid groups (broad SMARTS) is 2. The van der Waals surface area contributed by atoms with Crippen molar-refractivity contribution in [1.82, 2.24) is 20.9 Å². The Morgan fingerprint density at radius 1 is 1.11 bits per heavy atom. The van der Waals surface area contributed by atoms with Crippen LogP contribution >= 0.6 is 0 Å². The number of amides is 3. The zero-order valence-corrected chi connectivity index (χ0v) is 15.5. The van der Waals surface area contributed by atoms with Crippen molar-refractivity contribution in [2.24, 2.45) is 0 Å². The second-order valence-electron chi connectivity index (χ2n) is 6.94. The normalized spacial score (nSPS) is 22.5. The van der Waals surface area contributed by atoms with E-state index in [1.54, 1.807) is 0 Å². The first-order chi connectivity index (χ1) is 13.3. The van der Waals surface area contributed by atoms with Crippen molar-refractivity contribution in [2.75, 3.05) is 19.6 Å². The van der Waals surface area contributed by atoms with Crippen molar-refractivity contribution in [2.45, 2.75) is 56.7 Å². The lowest BCUT2D eigenvalue weighted by Crippen LogP contribution is -2.53. The molecule has 2 aliphatic heterocycles. The van der Waals surface area contributed by atoms with Gasteiger partial charge in [-0.25, -0.2) is 4.79 Å². The summed E-state index contributed by atoms with van der Waals surface area (Å²) in [5.74, 6) is -3.79. The molecule has 156 valence electrons. The van der Waals surface area contributed by atoms with Gasteiger partial charge in [-0.1, -0.05) is 0 Å². The van der Waals surface area contributed by atoms with Crippen LogP contribution in [0.1, 0.15) is 38.5 Å². The quantitative estimate of drug-likeness (QED) is 0.306. The van der Waals surface area contributed by atoms with E-state index in [9.17, 15) is 24.0 Å². The van der Waals surface area contributed by atoms with Gasteiger partial charge in [-0.2, -0.15) is 0 Å². The molecular weight excluding hydrogens is 372 g/mol. The Balaban J connectivity index is 1.91. The maximum absolute atomic E-state index is 12.4. The van der Waals surface area contributed by atoms with E-state index >= 15 is 0 Å². The van der Waals surface area contributed by atoms with Gasteiger partial charge in [-0.15, -0.1) is 0 Å². The van der Waals surface area contributed by atoms with Gasteiger partial charge >= 0.3 is 11.9 Å². The molecule has 11 nitrogen and oxygen atoms in total. The molecule has 2 aliphatic rings. The largest absolute Gasteiger partial charge is 0.481 e. The van der Waals surface area contributed by atoms with Crippen LogP contribution < -0.4 is 16.0 Å². The molecule has 0 bridgehead atoms. The summed E-state index contributed by atoms with van der Waals surface area (Å²) < 4.78 is 0. The average molecular weight is 398 g/mol. The Bertz CT molecular complexity index is 633. The van der Waals surface area contributed by atoms with Crippen molar-refractivity contribution in [3.8, 4) is 0 Å². The maximum atomic E-state index is 12.4. The number of nitrogens with zero attached hydrogens (tertiary/aromatic N) is 1. The molecule has 0 aromatic heterocycles. The molecule has 2 saturated heterocycles. The lowest BCUT2D eigenvalue weighted by atomic mass is 10.1. The molecule has 3 unspecified atom stereocenters. The Kier molecular flexibility index (Phi) is 7.73. The molecule has 3 atom stereocenters. The molecule has 3 amide bonds. The van der Waals surface area contributed by atoms with Crippen LogP contribution in [0.3, 0.4) is 0 Å². The first kappa shape index (κ1) is 21.6. The van der Waals surface area contributed by atoms with Crippen LogP contribution in [0.25, 0.3) is 0 Å². The molecule has 0 radical (unpaired) electrons. The summed E-state index contributed by atoms with van der Waals surface area (Å²) in [6.45, 7) is 0.584. The van der Waals surface area contributed by atoms with Crippen molar-refractivity contribution in [3.05, 3.63) is 0 Å². The highest BCUT2D eigenvalue weighted by atomic mass is 16.4. The van der Waals surface area contributed by atoms with Gasteiger partial charge in [0.1, 0.15) is 12.1 Å². The minimum atomic E-state index is -1.11. The van der Waals surface area contributed by atoms with E-state index in [1.807, 2.05) is 0 Å². The molecule has 2 rings (SSSR count). The Morgan fingerprint density at radius 2 is 1.86 bits per heavy atom. The Hall–Kier alpha value is -2.69. The number of aliphatic carboxylic acids is 2. The SMILES string of the molecule is O=C(O)CCC(NC(=O)C1CCCN1)C(=O)NCC(=O)N1CCCC1C(=O)O. The van der Waals surface area contributed by atoms with E-state index in [4.69, 9.17) is 10.2 Å². The van der Waals surface area contributed by atoms with E-state index in [-0.39, 0.29) is 18.7 Å². The van der Waals surface area contributed by atoms with Crippen LogP contribution in [0.15, 0.2) is 0 Å². The third kappa shape index (κ3) is 5.91. The zero-order chi connectivity index (χ0) is 20.7. The molecule has 0 aromatic rings. The predicted molar refractivity (Wildman–Crippen MR) is 95.2 cm³/mol. The number of hydrogen-bond acceptors (Lipinski definition) is 6. The molecule has 0 aliphatic carbocycles. The third-order valence-electron chi connectivity index (χ3n) is 4.93. The number of nitrogens with one attached hydrogen (secondary N) is 3. The number of hydrogen-bond donors (Lipinski definition) is 5. The van der Waals surface area contributed by atoms with Crippen LogP contribution in [-0.4, -0.2) is 82.5 Å². The van der Waals surface area contributed by atoms with E-state index in [1.165, 1.54) is 4.90 Å². The fourth-order valence-corrected chi connectivity index (χ4v) is 3.43. The maximum Gasteiger partial charge on any atom is 0.326 e. The van der Waals surface area contributed by atoms with Gasteiger partial charge in [-0.05, 0) is 38.6 Å². The summed E-state index contributed by atoms with van der Waals surface area (Å²) in [5, 5.41) is 25.9. The Labute approximate surface area is 161 Å². The first-order valence-corrected chi connectivity index (χ1v) is 9.35. The highest BCUT2D eigenvalue weighted by Gasteiger charge is 2.34. The Morgan fingerprint density at radius 3 is 2.46 bits per heavy atom. The van der Waals surface area contributed by atoms with Crippen LogP contribution in [0, 0.1) is 0 Å². The highest BCUT2D eigenvalue weighted by Crippen LogP contribution is 2.17. The van der Waals surface area contributed by atoms with Gasteiger partial charge in [0.2, 0.25) is 17.7 Å². The van der Waals surface area contributed by atoms with Gasteiger partial charge in [0.15, 0.2) is 0 Å². The van der Waals surface area contributed by atoms with Crippen LogP contribution in [-0.2, 0) is 24.0 Å². The number of likely N-dealkylation sites (tertiary alicyclic amines) is 1. The molecule has 0 spiro atoms. The first-order valence-electron chi connectivity index (χ1n) is 9.35. The summed E-state index contributed by atoms with van der Waals surface area (Å²) in [7, 11) is 0. The van der Waals surface area contributed by atoms with Gasteiger partial charge < -0.3 is 31.1 Å². The average Bonchev–Trinajstić information content (AvgIpc) is 3.34. The summed E-state index contributed by atoms with van der Waals surface area (Å²) in [5.41, 5.74) is 0. The van der Waals surface area contributed by atoms with Crippen molar-refractivity contribution in [1.29, 1.82) is 0 Å². The van der Waals surface area contributed by atoms with Crippen molar-refractivity contribution in [3.63, 3.8) is 0 Å². The fraction of sp³-hybridized carbons (Fsp3) is 0.706. The van der Waals surface area contributed by atoms with E-state index in [0.717, 1.165) is 6.42 Å². The van der Waals surface area contributed by atoms with Gasteiger partial charge in [0.25, 0.3) is 0 Å². The standard InChI is InChI=1S/C17H26N4O7/c22-13(21-8-2-4-12(21)17(27)28)9-19-15(25)11(5-6-14(23)24)20-16(26)10-3-1-7-18-10/h10-12,18H,1-9H2,(H,19,25)(H,20,26)(H,23,24)(H,27,28). The monoisotopic (exact) mass is 398 g/mol. The number of carbonyl (C=O) groups is 5. The molecule has 5 N–H and O–H groups in total. The van der Waals surface area contributed by atoms with E-state index < -0.39 is 48.4 Å². The molecule has 11 heteroatoms. The summed E-state index contributed by atoms with van der Waals surface area (Å²) in [6, 6.07) is -2.42. The summed E-state index contributed by atoms with van der Waals surface area (Å²) >= 11 is 0. The van der Waals surface area contributed by atoms with Crippen LogP contribution in [0.5, 0.6) is 0 Å². The third-order valence-corrected chi connectivity index (χ3v) is 4.93. The lowest BCUT2D eigenvalue weighted by Gasteiger charge is -2.23. The second-order valence-corrected chi connectivity index (χ2v) is 6.94. The van der Waals surface area contributed by atoms with Crippen molar-refractivity contribution >= 4 is 29.7 Å². The summed E-state index contributed by atoms with van der Waals surface area (Å²) in [4.78, 5) is 60.1. The number of carboxylic acids is 2. The topological polar surface area (TPSA) is 165 Å². The minimum Gasteiger partial charge on any atom is -0.481 e. The molecule has 28 heavy (non-hydrogen) atoms. The van der Waals surface area contributed by atoms with E-state index in [0.29, 0.717) is 32.4 Å².